The molecule has 0 saturated heterocycles. The lowest BCUT2D eigenvalue weighted by atomic mass is 10.5. The molecule has 8 heteroatoms. The van der Waals surface area contributed by atoms with Gasteiger partial charge in [-0.2, -0.15) is 9.67 Å². The summed E-state index contributed by atoms with van der Waals surface area (Å²) in [6.45, 7) is 2.84. The number of nitrogens with zero attached hydrogens (tertiary/aromatic N) is 5. The van der Waals surface area contributed by atoms with Crippen molar-refractivity contribution in [3.63, 3.8) is 0 Å². The molecule has 0 fully saturated rings. The van der Waals surface area contributed by atoms with E-state index in [2.05, 4.69) is 32.5 Å². The standard InChI is InChI=1S/C9H12ClN7/c1-2-5-12-9-13-8(11)17(16-9)7-4-3-6(10)14-15-7/h3-4H,2,5H2,1H3,(H3,11,12,13,16). The van der Waals surface area contributed by atoms with Gasteiger partial charge in [-0.25, -0.2) is 0 Å². The van der Waals surface area contributed by atoms with Crippen molar-refractivity contribution in [1.82, 2.24) is 25.0 Å². The molecule has 2 rings (SSSR count). The smallest absolute Gasteiger partial charge is 0.244 e. The molecule has 7 nitrogen and oxygen atoms in total. The van der Waals surface area contributed by atoms with E-state index in [1.807, 2.05) is 0 Å². The molecule has 0 aromatic carbocycles. The van der Waals surface area contributed by atoms with Crippen LogP contribution in [-0.4, -0.2) is 31.5 Å². The predicted octanol–water partition coefficient (Wildman–Crippen LogP) is 1.11. The van der Waals surface area contributed by atoms with Crippen molar-refractivity contribution in [2.24, 2.45) is 0 Å². The highest BCUT2D eigenvalue weighted by Crippen LogP contribution is 2.12. The normalized spacial score (nSPS) is 10.5. The summed E-state index contributed by atoms with van der Waals surface area (Å²) >= 11 is 5.65. The fraction of sp³-hybridized carbons (Fsp3) is 0.333. The Kier molecular flexibility index (Phi) is 3.38. The van der Waals surface area contributed by atoms with Crippen molar-refractivity contribution in [2.75, 3.05) is 17.6 Å². The maximum absolute atomic E-state index is 5.73. The van der Waals surface area contributed by atoms with Crippen molar-refractivity contribution < 1.29 is 0 Å². The third-order valence-corrected chi connectivity index (χ3v) is 2.20. The van der Waals surface area contributed by atoms with Gasteiger partial charge in [-0.3, -0.25) is 0 Å². The van der Waals surface area contributed by atoms with Gasteiger partial charge in [0.2, 0.25) is 11.9 Å². The van der Waals surface area contributed by atoms with E-state index >= 15 is 0 Å². The van der Waals surface area contributed by atoms with Crippen LogP contribution in [0.25, 0.3) is 5.82 Å². The molecule has 0 bridgehead atoms. The molecule has 0 unspecified atom stereocenters. The second kappa shape index (κ2) is 4.96. The number of rotatable bonds is 4. The second-order valence-electron chi connectivity index (χ2n) is 3.35. The summed E-state index contributed by atoms with van der Waals surface area (Å²) in [4.78, 5) is 4.06. The molecule has 0 spiro atoms. The molecule has 2 heterocycles. The maximum atomic E-state index is 5.73. The van der Waals surface area contributed by atoms with Gasteiger partial charge >= 0.3 is 0 Å². The van der Waals surface area contributed by atoms with E-state index in [1.165, 1.54) is 4.68 Å². The quantitative estimate of drug-likeness (QED) is 0.848. The Labute approximate surface area is 103 Å². The van der Waals surface area contributed by atoms with Crippen LogP contribution in [0.4, 0.5) is 11.9 Å². The fourth-order valence-corrected chi connectivity index (χ4v) is 1.33. The molecule has 0 aliphatic carbocycles. The van der Waals surface area contributed by atoms with E-state index in [0.29, 0.717) is 16.9 Å². The average Bonchev–Trinajstić information content (AvgIpc) is 2.69. The summed E-state index contributed by atoms with van der Waals surface area (Å²) in [5, 5.41) is 15.1. The Morgan fingerprint density at radius 2 is 2.24 bits per heavy atom. The molecule has 2 aromatic heterocycles. The van der Waals surface area contributed by atoms with Crippen LogP contribution in [0, 0.1) is 0 Å². The van der Waals surface area contributed by atoms with E-state index in [4.69, 9.17) is 17.3 Å². The number of anilines is 2. The SMILES string of the molecule is CCCNc1nc(N)n(-c2ccc(Cl)nn2)n1. The van der Waals surface area contributed by atoms with Crippen molar-refractivity contribution in [3.8, 4) is 5.82 Å². The molecular weight excluding hydrogens is 242 g/mol. The molecule has 0 aliphatic heterocycles. The first kappa shape index (κ1) is 11.6. The topological polar surface area (TPSA) is 94.5 Å². The zero-order valence-electron chi connectivity index (χ0n) is 9.26. The van der Waals surface area contributed by atoms with E-state index in [-0.39, 0.29) is 5.95 Å². The molecule has 2 aromatic rings. The molecule has 0 atom stereocenters. The number of hydrogen-bond donors (Lipinski definition) is 2. The number of aromatic nitrogens is 5. The average molecular weight is 254 g/mol. The highest BCUT2D eigenvalue weighted by Gasteiger charge is 2.09. The van der Waals surface area contributed by atoms with Gasteiger partial charge in [0.05, 0.1) is 0 Å². The van der Waals surface area contributed by atoms with Crippen LogP contribution in [0.1, 0.15) is 13.3 Å². The molecule has 3 N–H and O–H groups in total. The minimum Gasteiger partial charge on any atom is -0.368 e. The van der Waals surface area contributed by atoms with E-state index in [0.717, 1.165) is 13.0 Å². The van der Waals surface area contributed by atoms with Gasteiger partial charge in [-0.1, -0.05) is 18.5 Å². The molecule has 0 saturated carbocycles. The van der Waals surface area contributed by atoms with Gasteiger partial charge < -0.3 is 11.1 Å². The Morgan fingerprint density at radius 1 is 1.41 bits per heavy atom. The number of nitrogens with two attached hydrogens (primary N) is 1. The minimum atomic E-state index is 0.250. The Morgan fingerprint density at radius 3 is 2.88 bits per heavy atom. The number of nitrogen functional groups attached to an aromatic ring is 1. The summed E-state index contributed by atoms with van der Waals surface area (Å²) in [7, 11) is 0. The summed E-state index contributed by atoms with van der Waals surface area (Å²) in [5.74, 6) is 1.20. The summed E-state index contributed by atoms with van der Waals surface area (Å²) in [6.07, 6.45) is 0.981. The van der Waals surface area contributed by atoms with Gasteiger partial charge in [0.25, 0.3) is 0 Å². The molecular formula is C9H12ClN7. The van der Waals surface area contributed by atoms with Gasteiger partial charge in [0.15, 0.2) is 11.0 Å². The summed E-state index contributed by atoms with van der Waals surface area (Å²) in [6, 6.07) is 3.29. The van der Waals surface area contributed by atoms with E-state index in [9.17, 15) is 0 Å². The van der Waals surface area contributed by atoms with Crippen LogP contribution in [-0.2, 0) is 0 Å². The number of nitrogens with one attached hydrogen (secondary N) is 1. The van der Waals surface area contributed by atoms with Crippen molar-refractivity contribution in [3.05, 3.63) is 17.3 Å². The van der Waals surface area contributed by atoms with Gasteiger partial charge in [0, 0.05) is 6.54 Å². The maximum Gasteiger partial charge on any atom is 0.244 e. The predicted molar refractivity (Wildman–Crippen MR) is 65.2 cm³/mol. The first-order valence-electron chi connectivity index (χ1n) is 5.16. The highest BCUT2D eigenvalue weighted by atomic mass is 35.5. The molecule has 17 heavy (non-hydrogen) atoms. The van der Waals surface area contributed by atoms with Gasteiger partial charge in [-0.15, -0.1) is 15.3 Å². The third kappa shape index (κ3) is 2.62. The molecule has 0 radical (unpaired) electrons. The highest BCUT2D eigenvalue weighted by molar-refractivity contribution is 6.29. The van der Waals surface area contributed by atoms with Crippen molar-refractivity contribution in [2.45, 2.75) is 13.3 Å². The van der Waals surface area contributed by atoms with Crippen LogP contribution < -0.4 is 11.1 Å². The molecule has 0 aliphatic rings. The second-order valence-corrected chi connectivity index (χ2v) is 3.73. The lowest BCUT2D eigenvalue weighted by Gasteiger charge is -1.99. The van der Waals surface area contributed by atoms with Crippen LogP contribution in [0.3, 0.4) is 0 Å². The van der Waals surface area contributed by atoms with E-state index < -0.39 is 0 Å². The third-order valence-electron chi connectivity index (χ3n) is 2.00. The Hall–Kier alpha value is -1.89. The first-order chi connectivity index (χ1) is 8.20. The van der Waals surface area contributed by atoms with Crippen LogP contribution in [0.5, 0.6) is 0 Å². The minimum absolute atomic E-state index is 0.250. The molecule has 0 amide bonds. The van der Waals surface area contributed by atoms with Crippen LogP contribution >= 0.6 is 11.6 Å². The Balaban J connectivity index is 2.26. The largest absolute Gasteiger partial charge is 0.368 e. The first-order valence-corrected chi connectivity index (χ1v) is 5.54. The number of hydrogen-bond acceptors (Lipinski definition) is 6. The van der Waals surface area contributed by atoms with Gasteiger partial charge in [0.1, 0.15) is 0 Å². The Bertz CT molecular complexity index is 493. The van der Waals surface area contributed by atoms with Crippen molar-refractivity contribution in [1.29, 1.82) is 0 Å². The monoisotopic (exact) mass is 253 g/mol. The molecule has 90 valence electrons. The lowest BCUT2D eigenvalue weighted by Crippen LogP contribution is -2.06. The van der Waals surface area contributed by atoms with Gasteiger partial charge in [-0.05, 0) is 18.6 Å². The summed E-state index contributed by atoms with van der Waals surface area (Å²) < 4.78 is 1.40. The lowest BCUT2D eigenvalue weighted by molar-refractivity contribution is 0.820. The van der Waals surface area contributed by atoms with Crippen LogP contribution in [0.15, 0.2) is 12.1 Å². The zero-order chi connectivity index (χ0) is 12.3. The van der Waals surface area contributed by atoms with Crippen molar-refractivity contribution >= 4 is 23.5 Å². The fourth-order valence-electron chi connectivity index (χ4n) is 1.23. The van der Waals surface area contributed by atoms with Crippen LogP contribution in [0.2, 0.25) is 5.15 Å². The number of halogens is 1. The van der Waals surface area contributed by atoms with E-state index in [1.54, 1.807) is 12.1 Å². The zero-order valence-corrected chi connectivity index (χ0v) is 10.0. The summed E-state index contributed by atoms with van der Waals surface area (Å²) in [5.41, 5.74) is 5.73.